The molecule has 1 aliphatic rings. The number of hydrogen-bond donors (Lipinski definition) is 1. The van der Waals surface area contributed by atoms with Crippen molar-refractivity contribution in [2.45, 2.75) is 13.0 Å². The van der Waals surface area contributed by atoms with Gasteiger partial charge in [0.05, 0.1) is 4.92 Å². The molecule has 6 nitrogen and oxygen atoms in total. The van der Waals surface area contributed by atoms with E-state index >= 15 is 0 Å². The van der Waals surface area contributed by atoms with Crippen molar-refractivity contribution in [3.8, 4) is 0 Å². The Kier molecular flexibility index (Phi) is 3.58. The van der Waals surface area contributed by atoms with Crippen LogP contribution in [0.3, 0.4) is 0 Å². The quantitative estimate of drug-likeness (QED) is 0.670. The number of aromatic nitrogens is 1. The molecule has 1 saturated heterocycles. The Hall–Kier alpha value is -1.21. The van der Waals surface area contributed by atoms with Gasteiger partial charge in [0.2, 0.25) is 0 Å². The smallest absolute Gasteiger partial charge is 0.316 e. The number of nitrogens with one attached hydrogen (secondary N) is 1. The molecule has 92 valence electrons. The molecule has 7 heteroatoms. The summed E-state index contributed by atoms with van der Waals surface area (Å²) in [6.07, 6.45) is 2.60. The number of nitrogens with zero attached hydrogens (tertiary/aromatic N) is 2. The molecule has 0 amide bonds. The van der Waals surface area contributed by atoms with E-state index in [1.54, 1.807) is 6.20 Å². The van der Waals surface area contributed by atoms with E-state index in [9.17, 15) is 14.9 Å². The van der Waals surface area contributed by atoms with Gasteiger partial charge in [0.1, 0.15) is 0 Å². The van der Waals surface area contributed by atoms with Crippen LogP contribution in [0.4, 0.5) is 5.69 Å². The predicted molar refractivity (Wildman–Crippen MR) is 66.0 cm³/mol. The number of pyridine rings is 1. The molecule has 1 aromatic rings. The maximum atomic E-state index is 11.8. The van der Waals surface area contributed by atoms with Gasteiger partial charge < -0.3 is 9.88 Å². The molecule has 0 aliphatic carbocycles. The fourth-order valence-electron chi connectivity index (χ4n) is 2.00. The molecule has 2 rings (SSSR count). The molecule has 1 N–H and O–H groups in total. The lowest BCUT2D eigenvalue weighted by molar-refractivity contribution is -0.386. The lowest BCUT2D eigenvalue weighted by Gasteiger charge is -2.11. The Labute approximate surface area is 106 Å². The lowest BCUT2D eigenvalue weighted by atomic mass is 10.1. The first-order valence-electron chi connectivity index (χ1n) is 5.33. The molecule has 1 atom stereocenters. The van der Waals surface area contributed by atoms with Gasteiger partial charge in [-0.3, -0.25) is 14.9 Å². The van der Waals surface area contributed by atoms with Crippen molar-refractivity contribution >= 4 is 21.6 Å². The number of hydrogen-bond acceptors (Lipinski definition) is 4. The topological polar surface area (TPSA) is 77.2 Å². The van der Waals surface area contributed by atoms with E-state index in [-0.39, 0.29) is 5.69 Å². The van der Waals surface area contributed by atoms with Crippen LogP contribution in [0.1, 0.15) is 6.42 Å². The first-order chi connectivity index (χ1) is 8.08. The first-order valence-corrected chi connectivity index (χ1v) is 6.12. The summed E-state index contributed by atoms with van der Waals surface area (Å²) in [6, 6.07) is 1.24. The first kappa shape index (κ1) is 12.3. The summed E-state index contributed by atoms with van der Waals surface area (Å²) in [5.41, 5.74) is -0.921. The van der Waals surface area contributed by atoms with Crippen molar-refractivity contribution in [1.82, 2.24) is 9.88 Å². The predicted octanol–water partition coefficient (Wildman–Crippen LogP) is 1.13. The fraction of sp³-hybridized carbons (Fsp3) is 0.500. The third-order valence-electron chi connectivity index (χ3n) is 2.85. The molecule has 0 saturated carbocycles. The Morgan fingerprint density at radius 2 is 2.41 bits per heavy atom. The van der Waals surface area contributed by atoms with E-state index in [0.29, 0.717) is 16.9 Å². The monoisotopic (exact) mass is 301 g/mol. The van der Waals surface area contributed by atoms with Crippen LogP contribution in [-0.4, -0.2) is 22.6 Å². The third kappa shape index (κ3) is 2.73. The van der Waals surface area contributed by atoms with Gasteiger partial charge in [-0.05, 0) is 41.4 Å². The van der Waals surface area contributed by atoms with Crippen molar-refractivity contribution in [3.05, 3.63) is 37.2 Å². The zero-order chi connectivity index (χ0) is 12.4. The highest BCUT2D eigenvalue weighted by Gasteiger charge is 2.20. The second-order valence-electron chi connectivity index (χ2n) is 4.12. The molecule has 1 aliphatic heterocycles. The molecule has 0 bridgehead atoms. The summed E-state index contributed by atoms with van der Waals surface area (Å²) in [5, 5.41) is 13.9. The van der Waals surface area contributed by atoms with Gasteiger partial charge in [0.25, 0.3) is 0 Å². The fourth-order valence-corrected chi connectivity index (χ4v) is 2.46. The molecule has 17 heavy (non-hydrogen) atoms. The summed E-state index contributed by atoms with van der Waals surface area (Å²) in [6.45, 7) is 2.31. The Morgan fingerprint density at radius 1 is 1.65 bits per heavy atom. The average Bonchev–Trinajstić information content (AvgIpc) is 2.75. The maximum Gasteiger partial charge on any atom is 0.335 e. The van der Waals surface area contributed by atoms with Gasteiger partial charge in [0.15, 0.2) is 0 Å². The number of rotatable bonds is 3. The van der Waals surface area contributed by atoms with Crippen molar-refractivity contribution < 1.29 is 4.92 Å². The Morgan fingerprint density at radius 3 is 3.00 bits per heavy atom. The molecular formula is C10H12BrN3O3. The minimum Gasteiger partial charge on any atom is -0.316 e. The normalized spacial score (nSPS) is 19.5. The largest absolute Gasteiger partial charge is 0.335 e. The van der Waals surface area contributed by atoms with Gasteiger partial charge in [-0.2, -0.15) is 0 Å². The van der Waals surface area contributed by atoms with Crippen LogP contribution in [0, 0.1) is 16.0 Å². The molecule has 1 aromatic heterocycles. The van der Waals surface area contributed by atoms with Crippen LogP contribution in [0.15, 0.2) is 21.5 Å². The minimum atomic E-state index is -0.642. The molecule has 1 fully saturated rings. The summed E-state index contributed by atoms with van der Waals surface area (Å²) in [4.78, 5) is 21.9. The average molecular weight is 302 g/mol. The number of nitro groups is 1. The van der Waals surface area contributed by atoms with Crippen molar-refractivity contribution in [3.63, 3.8) is 0 Å². The zero-order valence-electron chi connectivity index (χ0n) is 9.06. The molecule has 0 spiro atoms. The van der Waals surface area contributed by atoms with Crippen LogP contribution in [0.25, 0.3) is 0 Å². The zero-order valence-corrected chi connectivity index (χ0v) is 10.6. The van der Waals surface area contributed by atoms with Crippen LogP contribution >= 0.6 is 15.9 Å². The molecule has 0 aromatic carbocycles. The van der Waals surface area contributed by atoms with E-state index in [1.165, 1.54) is 10.6 Å². The third-order valence-corrected chi connectivity index (χ3v) is 3.28. The van der Waals surface area contributed by atoms with Crippen molar-refractivity contribution in [1.29, 1.82) is 0 Å². The summed E-state index contributed by atoms with van der Waals surface area (Å²) in [7, 11) is 0. The molecule has 1 unspecified atom stereocenters. The van der Waals surface area contributed by atoms with E-state index in [1.807, 2.05) is 0 Å². The standard InChI is InChI=1S/C10H12BrN3O3/c11-8-3-9(14(16)17)10(15)13(6-8)5-7-1-2-12-4-7/h3,6-7,12H,1-2,4-5H2. The highest BCUT2D eigenvalue weighted by atomic mass is 79.9. The van der Waals surface area contributed by atoms with Gasteiger partial charge in [-0.1, -0.05) is 0 Å². The van der Waals surface area contributed by atoms with Gasteiger partial charge in [0, 0.05) is 23.3 Å². The Bertz CT molecular complexity index is 494. The number of halogens is 1. The Balaban J connectivity index is 2.32. The van der Waals surface area contributed by atoms with Crippen LogP contribution in [-0.2, 0) is 6.54 Å². The van der Waals surface area contributed by atoms with Gasteiger partial charge in [-0.25, -0.2) is 0 Å². The summed E-state index contributed by atoms with van der Waals surface area (Å²) < 4.78 is 1.97. The van der Waals surface area contributed by atoms with E-state index < -0.39 is 10.5 Å². The van der Waals surface area contributed by atoms with Crippen molar-refractivity contribution in [2.24, 2.45) is 5.92 Å². The SMILES string of the molecule is O=c1c([N+](=O)[O-])cc(Br)cn1CC1CCNC1. The highest BCUT2D eigenvalue weighted by molar-refractivity contribution is 9.10. The second-order valence-corrected chi connectivity index (χ2v) is 5.03. The van der Waals surface area contributed by atoms with E-state index in [0.717, 1.165) is 19.5 Å². The maximum absolute atomic E-state index is 11.8. The van der Waals surface area contributed by atoms with E-state index in [2.05, 4.69) is 21.2 Å². The van der Waals surface area contributed by atoms with Crippen LogP contribution in [0.5, 0.6) is 0 Å². The summed E-state index contributed by atoms with van der Waals surface area (Å²) in [5.74, 6) is 0.363. The molecular weight excluding hydrogens is 290 g/mol. The summed E-state index contributed by atoms with van der Waals surface area (Å²) >= 11 is 3.19. The van der Waals surface area contributed by atoms with Crippen LogP contribution in [0.2, 0.25) is 0 Å². The van der Waals surface area contributed by atoms with E-state index in [4.69, 9.17) is 0 Å². The second kappa shape index (κ2) is 4.97. The van der Waals surface area contributed by atoms with Crippen molar-refractivity contribution in [2.75, 3.05) is 13.1 Å². The minimum absolute atomic E-state index is 0.363. The lowest BCUT2D eigenvalue weighted by Crippen LogP contribution is -2.26. The molecule has 0 radical (unpaired) electrons. The molecule has 2 heterocycles. The van der Waals surface area contributed by atoms with Gasteiger partial charge in [-0.15, -0.1) is 0 Å². The van der Waals surface area contributed by atoms with Gasteiger partial charge >= 0.3 is 11.2 Å². The van der Waals surface area contributed by atoms with Crippen LogP contribution < -0.4 is 10.9 Å². The highest BCUT2D eigenvalue weighted by Crippen LogP contribution is 2.16.